The fourth-order valence-corrected chi connectivity index (χ4v) is 2.31. The molecular weight excluding hydrogens is 266 g/mol. The third-order valence-corrected chi connectivity index (χ3v) is 3.06. The highest BCUT2D eigenvalue weighted by molar-refractivity contribution is 5.94. The second-order valence-corrected chi connectivity index (χ2v) is 6.92. The van der Waals surface area contributed by atoms with E-state index in [-0.39, 0.29) is 11.6 Å². The summed E-state index contributed by atoms with van der Waals surface area (Å²) in [6, 6.07) is 7.35. The molecule has 5 heteroatoms. The van der Waals surface area contributed by atoms with Crippen molar-refractivity contribution in [3.63, 3.8) is 0 Å². The van der Waals surface area contributed by atoms with Crippen molar-refractivity contribution < 1.29 is 9.53 Å². The van der Waals surface area contributed by atoms with Crippen LogP contribution in [0.25, 0.3) is 0 Å². The molecule has 0 bridgehead atoms. The molecule has 0 saturated carbocycles. The highest BCUT2D eigenvalue weighted by Crippen LogP contribution is 2.36. The lowest BCUT2D eigenvalue weighted by atomic mass is 9.99. The minimum absolute atomic E-state index is 0.294. The number of carbonyl (C=O) groups excluding carboxylic acids is 1. The van der Waals surface area contributed by atoms with Gasteiger partial charge in [0.15, 0.2) is 0 Å². The van der Waals surface area contributed by atoms with Crippen molar-refractivity contribution in [2.45, 2.75) is 45.8 Å². The number of carbonyl (C=O) groups is 1. The molecule has 1 N–H and O–H groups in total. The second-order valence-electron chi connectivity index (χ2n) is 6.92. The molecule has 0 aliphatic carbocycles. The van der Waals surface area contributed by atoms with Crippen molar-refractivity contribution in [2.75, 3.05) is 16.8 Å². The van der Waals surface area contributed by atoms with Crippen LogP contribution < -0.4 is 10.2 Å². The van der Waals surface area contributed by atoms with E-state index in [1.54, 1.807) is 23.1 Å². The van der Waals surface area contributed by atoms with Gasteiger partial charge in [-0.05, 0) is 52.8 Å². The Morgan fingerprint density at radius 3 is 2.67 bits per heavy atom. The summed E-state index contributed by atoms with van der Waals surface area (Å²) in [5, 5.41) is 12.4. The van der Waals surface area contributed by atoms with Gasteiger partial charge in [0.25, 0.3) is 0 Å². The first kappa shape index (κ1) is 15.2. The zero-order chi connectivity index (χ0) is 15.8. The first-order valence-corrected chi connectivity index (χ1v) is 6.94. The molecule has 1 heterocycles. The lowest BCUT2D eigenvalue weighted by Crippen LogP contribution is -2.51. The summed E-state index contributed by atoms with van der Waals surface area (Å²) < 4.78 is 5.48. The minimum atomic E-state index is -0.543. The average molecular weight is 287 g/mol. The molecule has 0 radical (unpaired) electrons. The van der Waals surface area contributed by atoms with E-state index < -0.39 is 5.60 Å². The zero-order valence-corrected chi connectivity index (χ0v) is 13.2. The number of anilines is 2. The normalized spacial score (nSPS) is 16.5. The summed E-state index contributed by atoms with van der Waals surface area (Å²) in [5.74, 6) is 0. The molecule has 0 unspecified atom stereocenters. The van der Waals surface area contributed by atoms with Gasteiger partial charge in [-0.2, -0.15) is 5.26 Å². The van der Waals surface area contributed by atoms with E-state index >= 15 is 0 Å². The van der Waals surface area contributed by atoms with Crippen LogP contribution in [-0.2, 0) is 4.74 Å². The van der Waals surface area contributed by atoms with Crippen molar-refractivity contribution >= 4 is 17.5 Å². The number of nitriles is 1. The Kier molecular flexibility index (Phi) is 3.58. The molecule has 0 atom stereocenters. The number of nitrogens with zero attached hydrogens (tertiary/aromatic N) is 2. The molecule has 21 heavy (non-hydrogen) atoms. The van der Waals surface area contributed by atoms with Crippen LogP contribution >= 0.6 is 0 Å². The third kappa shape index (κ3) is 3.46. The summed E-state index contributed by atoms with van der Waals surface area (Å²) in [7, 11) is 0. The van der Waals surface area contributed by atoms with Gasteiger partial charge in [0, 0.05) is 5.54 Å². The number of ether oxygens (including phenoxy) is 1. The maximum Gasteiger partial charge on any atom is 0.414 e. The molecule has 1 aliphatic heterocycles. The van der Waals surface area contributed by atoms with Gasteiger partial charge in [0.2, 0.25) is 0 Å². The van der Waals surface area contributed by atoms with E-state index in [9.17, 15) is 4.79 Å². The van der Waals surface area contributed by atoms with Gasteiger partial charge >= 0.3 is 6.09 Å². The summed E-state index contributed by atoms with van der Waals surface area (Å²) in [6.07, 6.45) is -0.372. The van der Waals surface area contributed by atoms with Crippen LogP contribution in [-0.4, -0.2) is 23.8 Å². The fraction of sp³-hybridized carbons (Fsp3) is 0.500. The van der Waals surface area contributed by atoms with E-state index in [1.807, 2.05) is 34.6 Å². The first-order chi connectivity index (χ1) is 9.61. The Bertz CT molecular complexity index is 609. The van der Waals surface area contributed by atoms with E-state index in [2.05, 4.69) is 11.4 Å². The number of hydrogen-bond donors (Lipinski definition) is 1. The minimum Gasteiger partial charge on any atom is -0.443 e. The Morgan fingerprint density at radius 1 is 1.43 bits per heavy atom. The number of benzene rings is 1. The number of hydrogen-bond acceptors (Lipinski definition) is 4. The van der Waals surface area contributed by atoms with E-state index in [0.717, 1.165) is 11.4 Å². The summed E-state index contributed by atoms with van der Waals surface area (Å²) in [4.78, 5) is 14.1. The highest BCUT2D eigenvalue weighted by Gasteiger charge is 2.35. The van der Waals surface area contributed by atoms with Crippen LogP contribution in [0.4, 0.5) is 16.2 Å². The maximum absolute atomic E-state index is 12.4. The van der Waals surface area contributed by atoms with Gasteiger partial charge in [-0.1, -0.05) is 0 Å². The summed E-state index contributed by atoms with van der Waals surface area (Å²) in [6.45, 7) is 10.0. The van der Waals surface area contributed by atoms with Gasteiger partial charge in [-0.3, -0.25) is 4.90 Å². The molecule has 0 aromatic heterocycles. The highest BCUT2D eigenvalue weighted by atomic mass is 16.6. The van der Waals surface area contributed by atoms with Crippen LogP contribution in [0.3, 0.4) is 0 Å². The first-order valence-electron chi connectivity index (χ1n) is 6.94. The molecule has 1 aromatic rings. The molecule has 0 spiro atoms. The molecule has 2 rings (SSSR count). The molecule has 1 amide bonds. The summed E-state index contributed by atoms with van der Waals surface area (Å²) >= 11 is 0. The average Bonchev–Trinajstić information content (AvgIpc) is 2.33. The molecular formula is C16H21N3O2. The lowest BCUT2D eigenvalue weighted by Gasteiger charge is -2.41. The number of nitrogens with one attached hydrogen (secondary N) is 1. The van der Waals surface area contributed by atoms with Crippen molar-refractivity contribution in [1.82, 2.24) is 0 Å². The third-order valence-electron chi connectivity index (χ3n) is 3.06. The van der Waals surface area contributed by atoms with Crippen molar-refractivity contribution in [3.8, 4) is 6.07 Å². The van der Waals surface area contributed by atoms with Gasteiger partial charge in [0.1, 0.15) is 5.60 Å². The molecule has 0 saturated heterocycles. The van der Waals surface area contributed by atoms with Crippen LogP contribution in [0.5, 0.6) is 0 Å². The van der Waals surface area contributed by atoms with Gasteiger partial charge in [-0.15, -0.1) is 0 Å². The van der Waals surface area contributed by atoms with Gasteiger partial charge < -0.3 is 10.1 Å². The number of amides is 1. The Hall–Kier alpha value is -2.22. The van der Waals surface area contributed by atoms with Crippen LogP contribution in [0.15, 0.2) is 18.2 Å². The van der Waals surface area contributed by atoms with Crippen LogP contribution in [0.1, 0.15) is 40.2 Å². The van der Waals surface area contributed by atoms with Crippen LogP contribution in [0.2, 0.25) is 0 Å². The Balaban J connectivity index is 2.40. The maximum atomic E-state index is 12.4. The van der Waals surface area contributed by atoms with Gasteiger partial charge in [-0.25, -0.2) is 4.79 Å². The number of fused-ring (bicyclic) bond motifs is 1. The predicted molar refractivity (Wildman–Crippen MR) is 82.4 cm³/mol. The zero-order valence-electron chi connectivity index (χ0n) is 13.2. The van der Waals surface area contributed by atoms with Gasteiger partial charge in [0.05, 0.1) is 29.6 Å². The molecule has 1 aliphatic rings. The molecule has 112 valence electrons. The fourth-order valence-electron chi connectivity index (χ4n) is 2.31. The largest absolute Gasteiger partial charge is 0.443 e. The van der Waals surface area contributed by atoms with E-state index in [1.165, 1.54) is 0 Å². The van der Waals surface area contributed by atoms with Crippen molar-refractivity contribution in [2.24, 2.45) is 0 Å². The van der Waals surface area contributed by atoms with E-state index in [4.69, 9.17) is 10.00 Å². The standard InChI is InChI=1S/C16H21N3O2/c1-15(2,3)21-14(20)19-10-16(4,5)18-12-8-11(9-17)6-7-13(12)19/h6-8,18H,10H2,1-5H3. The van der Waals surface area contributed by atoms with E-state index in [0.29, 0.717) is 12.1 Å². The SMILES string of the molecule is CC1(C)CN(C(=O)OC(C)(C)C)c2ccc(C#N)cc2N1. The number of rotatable bonds is 0. The monoisotopic (exact) mass is 287 g/mol. The summed E-state index contributed by atoms with van der Waals surface area (Å²) in [5.41, 5.74) is 1.23. The second kappa shape index (κ2) is 4.96. The molecule has 5 nitrogen and oxygen atoms in total. The Morgan fingerprint density at radius 2 is 2.10 bits per heavy atom. The van der Waals surface area contributed by atoms with Crippen molar-refractivity contribution in [1.29, 1.82) is 5.26 Å². The van der Waals surface area contributed by atoms with Crippen LogP contribution in [0, 0.1) is 11.3 Å². The predicted octanol–water partition coefficient (Wildman–Crippen LogP) is 3.50. The smallest absolute Gasteiger partial charge is 0.414 e. The topological polar surface area (TPSA) is 65.4 Å². The lowest BCUT2D eigenvalue weighted by molar-refractivity contribution is 0.0573. The molecule has 0 fully saturated rings. The Labute approximate surface area is 125 Å². The van der Waals surface area contributed by atoms with Crippen molar-refractivity contribution in [3.05, 3.63) is 23.8 Å². The quantitative estimate of drug-likeness (QED) is 0.793. The molecule has 1 aromatic carbocycles.